The maximum Gasteiger partial charge on any atom is 0.246 e. The summed E-state index contributed by atoms with van der Waals surface area (Å²) in [5, 5.41) is 14.4. The zero-order chi connectivity index (χ0) is 38.1. The number of rotatable bonds is 16. The van der Waals surface area contributed by atoms with E-state index in [9.17, 15) is 29.1 Å². The summed E-state index contributed by atoms with van der Waals surface area (Å²) in [5.41, 5.74) is -1.20. The number of nitrogens with one attached hydrogen (secondary N) is 1. The molecule has 2 N–H and O–H groups in total. The second-order valence-corrected chi connectivity index (χ2v) is 16.2. The molecule has 0 rings (SSSR count). The molecule has 5 amide bonds. The van der Waals surface area contributed by atoms with Gasteiger partial charge in [-0.3, -0.25) is 24.0 Å². The molecule has 48 heavy (non-hydrogen) atoms. The smallest absolute Gasteiger partial charge is 0.246 e. The normalized spacial score (nSPS) is 16.2. The number of nitrogens with zero attached hydrogens (tertiary/aromatic N) is 4. The molecule has 0 bridgehead atoms. The van der Waals surface area contributed by atoms with Crippen molar-refractivity contribution >= 4 is 29.5 Å². The molecule has 0 saturated heterocycles. The van der Waals surface area contributed by atoms with Crippen LogP contribution in [0, 0.1) is 23.2 Å². The van der Waals surface area contributed by atoms with Crippen molar-refractivity contribution in [3.05, 3.63) is 12.2 Å². The topological polar surface area (TPSA) is 131 Å². The van der Waals surface area contributed by atoms with E-state index >= 15 is 0 Å². The zero-order valence-corrected chi connectivity index (χ0v) is 33.2. The summed E-state index contributed by atoms with van der Waals surface area (Å²) in [6, 6.07) is -4.02. The highest BCUT2D eigenvalue weighted by Gasteiger charge is 2.44. The Labute approximate surface area is 291 Å². The highest BCUT2D eigenvalue weighted by Crippen LogP contribution is 2.25. The SMILES string of the molecule is C/C=C/C[C@@H](C)[C@@H](O)[C@@H](C(=O)NC(CC)C(=O)N(C)C(C)(C)C)N(C)C(=O)[C@H](C(C)C)N(C)C(=O)[C@H](CC(C)C)N(C)C(=O)C(C)(C)C. The van der Waals surface area contributed by atoms with E-state index in [4.69, 9.17) is 0 Å². The second-order valence-electron chi connectivity index (χ2n) is 16.2. The van der Waals surface area contributed by atoms with Gasteiger partial charge in [0.15, 0.2) is 0 Å². The largest absolute Gasteiger partial charge is 0.390 e. The first-order valence-electron chi connectivity index (χ1n) is 17.4. The lowest BCUT2D eigenvalue weighted by Crippen LogP contribution is -2.63. The first kappa shape index (κ1) is 45.0. The Balaban J connectivity index is 6.82. The van der Waals surface area contributed by atoms with Crippen LogP contribution in [0.1, 0.15) is 109 Å². The number of aliphatic hydroxyl groups excluding tert-OH is 1. The van der Waals surface area contributed by atoms with E-state index in [-0.39, 0.29) is 29.6 Å². The van der Waals surface area contributed by atoms with E-state index in [1.807, 2.05) is 67.5 Å². The van der Waals surface area contributed by atoms with Crippen LogP contribution in [-0.4, -0.2) is 118 Å². The molecule has 0 heterocycles. The minimum atomic E-state index is -1.35. The number of allylic oxidation sites excluding steroid dienone is 2. The number of aliphatic hydroxyl groups is 1. The fourth-order valence-electron chi connectivity index (χ4n) is 5.68. The first-order chi connectivity index (χ1) is 21.8. The third-order valence-electron chi connectivity index (χ3n) is 9.10. The molecule has 11 heteroatoms. The van der Waals surface area contributed by atoms with E-state index in [2.05, 4.69) is 5.32 Å². The van der Waals surface area contributed by atoms with Crippen LogP contribution in [-0.2, 0) is 24.0 Å². The summed E-state index contributed by atoms with van der Waals surface area (Å²) < 4.78 is 0. The average molecular weight is 680 g/mol. The summed E-state index contributed by atoms with van der Waals surface area (Å²) in [6.07, 6.45) is 3.63. The zero-order valence-electron chi connectivity index (χ0n) is 33.2. The Morgan fingerprint density at radius 2 is 1.27 bits per heavy atom. The molecule has 0 radical (unpaired) electrons. The van der Waals surface area contributed by atoms with Gasteiger partial charge in [-0.2, -0.15) is 0 Å². The van der Waals surface area contributed by atoms with Gasteiger partial charge in [0, 0.05) is 39.1 Å². The highest BCUT2D eigenvalue weighted by atomic mass is 16.3. The van der Waals surface area contributed by atoms with Gasteiger partial charge < -0.3 is 30.0 Å². The Kier molecular flexibility index (Phi) is 17.6. The molecule has 0 aromatic heterocycles. The van der Waals surface area contributed by atoms with Crippen LogP contribution < -0.4 is 5.32 Å². The van der Waals surface area contributed by atoms with Crippen molar-refractivity contribution in [2.45, 2.75) is 145 Å². The maximum absolute atomic E-state index is 14.4. The Bertz CT molecular complexity index is 1120. The third kappa shape index (κ3) is 12.2. The molecular formula is C37H69N5O6. The number of carbonyl (C=O) groups excluding carboxylic acids is 5. The predicted molar refractivity (Wildman–Crippen MR) is 193 cm³/mol. The van der Waals surface area contributed by atoms with Gasteiger partial charge in [0.25, 0.3) is 0 Å². The fourth-order valence-corrected chi connectivity index (χ4v) is 5.68. The molecule has 6 atom stereocenters. The van der Waals surface area contributed by atoms with Crippen molar-refractivity contribution < 1.29 is 29.1 Å². The Hall–Kier alpha value is -2.95. The van der Waals surface area contributed by atoms with Crippen molar-refractivity contribution in [2.24, 2.45) is 23.2 Å². The number of likely N-dealkylation sites (N-methyl/N-ethyl adjacent to an activating group) is 4. The Morgan fingerprint density at radius 3 is 1.67 bits per heavy atom. The predicted octanol–water partition coefficient (Wildman–Crippen LogP) is 4.33. The molecule has 11 nitrogen and oxygen atoms in total. The molecule has 0 fully saturated rings. The van der Waals surface area contributed by atoms with E-state index in [1.54, 1.807) is 60.7 Å². The molecule has 0 aliphatic heterocycles. The molecule has 0 aliphatic carbocycles. The van der Waals surface area contributed by atoms with E-state index < -0.39 is 59.0 Å². The van der Waals surface area contributed by atoms with Crippen LogP contribution in [0.3, 0.4) is 0 Å². The van der Waals surface area contributed by atoms with Crippen LogP contribution in [0.4, 0.5) is 0 Å². The van der Waals surface area contributed by atoms with Gasteiger partial charge >= 0.3 is 0 Å². The van der Waals surface area contributed by atoms with Crippen LogP contribution in [0.2, 0.25) is 0 Å². The van der Waals surface area contributed by atoms with Crippen molar-refractivity contribution in [3.8, 4) is 0 Å². The summed E-state index contributed by atoms with van der Waals surface area (Å²) >= 11 is 0. The minimum absolute atomic E-state index is 0.0897. The first-order valence-corrected chi connectivity index (χ1v) is 17.4. The van der Waals surface area contributed by atoms with Crippen molar-refractivity contribution in [1.29, 1.82) is 0 Å². The van der Waals surface area contributed by atoms with Crippen molar-refractivity contribution in [2.75, 3.05) is 28.2 Å². The van der Waals surface area contributed by atoms with Gasteiger partial charge in [0.2, 0.25) is 29.5 Å². The van der Waals surface area contributed by atoms with Crippen LogP contribution in [0.25, 0.3) is 0 Å². The van der Waals surface area contributed by atoms with Crippen LogP contribution in [0.15, 0.2) is 12.2 Å². The van der Waals surface area contributed by atoms with Gasteiger partial charge in [-0.15, -0.1) is 0 Å². The lowest BCUT2D eigenvalue weighted by Gasteiger charge is -2.41. The highest BCUT2D eigenvalue weighted by molar-refractivity contribution is 5.96. The van der Waals surface area contributed by atoms with Crippen molar-refractivity contribution in [1.82, 2.24) is 24.9 Å². The van der Waals surface area contributed by atoms with E-state index in [0.29, 0.717) is 19.3 Å². The van der Waals surface area contributed by atoms with Gasteiger partial charge in [-0.1, -0.05) is 74.5 Å². The fraction of sp³-hybridized carbons (Fsp3) is 0.811. The van der Waals surface area contributed by atoms with Gasteiger partial charge in [0.1, 0.15) is 24.2 Å². The molecule has 278 valence electrons. The quantitative estimate of drug-likeness (QED) is 0.234. The van der Waals surface area contributed by atoms with E-state index in [0.717, 1.165) is 0 Å². The summed E-state index contributed by atoms with van der Waals surface area (Å²) in [7, 11) is 6.31. The molecule has 1 unspecified atom stereocenters. The maximum atomic E-state index is 14.4. The number of amides is 5. The standard InChI is InChI=1S/C37H69N5O6/c1-18-20-21-25(7)30(43)29(31(44)38-26(19-2)32(45)42(17)37(11,12)13)41(16)34(47)28(24(5)6)40(15)33(46)27(22-23(3)4)39(14)35(48)36(8,9)10/h18,20,23-30,43H,19,21-22H2,1-17H3,(H,38,44)/b20-18+/t25-,26?,27+,28+,29+,30-/m1/s1. The number of hydrogen-bond acceptors (Lipinski definition) is 6. The lowest BCUT2D eigenvalue weighted by atomic mass is 9.91. The molecule has 0 aliphatic rings. The van der Waals surface area contributed by atoms with Gasteiger partial charge in [-0.25, -0.2) is 0 Å². The van der Waals surface area contributed by atoms with Gasteiger partial charge in [-0.05, 0) is 64.7 Å². The average Bonchev–Trinajstić information content (AvgIpc) is 2.97. The van der Waals surface area contributed by atoms with Crippen LogP contribution in [0.5, 0.6) is 0 Å². The summed E-state index contributed by atoms with van der Waals surface area (Å²) in [4.78, 5) is 75.0. The Morgan fingerprint density at radius 1 is 0.771 bits per heavy atom. The minimum Gasteiger partial charge on any atom is -0.390 e. The summed E-state index contributed by atoms with van der Waals surface area (Å²) in [6.45, 7) is 24.1. The van der Waals surface area contributed by atoms with Crippen LogP contribution >= 0.6 is 0 Å². The number of carbonyl (C=O) groups is 5. The molecule has 0 saturated carbocycles. The van der Waals surface area contributed by atoms with Gasteiger partial charge in [0.05, 0.1) is 6.10 Å². The van der Waals surface area contributed by atoms with E-state index in [1.165, 1.54) is 21.7 Å². The summed E-state index contributed by atoms with van der Waals surface area (Å²) in [5.74, 6) is -2.73. The third-order valence-corrected chi connectivity index (χ3v) is 9.10. The van der Waals surface area contributed by atoms with Crippen molar-refractivity contribution in [3.63, 3.8) is 0 Å². The second kappa shape index (κ2) is 18.7. The molecular weight excluding hydrogens is 610 g/mol. The lowest BCUT2D eigenvalue weighted by molar-refractivity contribution is -0.157. The molecule has 0 aromatic rings. The molecule has 0 aromatic carbocycles. The number of hydrogen-bond donors (Lipinski definition) is 2. The molecule has 0 spiro atoms. The monoisotopic (exact) mass is 680 g/mol.